The van der Waals surface area contributed by atoms with E-state index in [9.17, 15) is 4.79 Å². The largest absolute Gasteiger partial charge is 0.373 e. The molecule has 0 aliphatic heterocycles. The third-order valence-corrected chi connectivity index (χ3v) is 7.03. The second-order valence-electron chi connectivity index (χ2n) is 9.26. The van der Waals surface area contributed by atoms with Crippen LogP contribution in [0.5, 0.6) is 0 Å². The maximum absolute atomic E-state index is 13.5. The van der Waals surface area contributed by atoms with Crippen molar-refractivity contribution in [1.82, 2.24) is 15.6 Å². The number of aromatic nitrogens is 1. The quantitative estimate of drug-likeness (QED) is 0.227. The maximum atomic E-state index is 13.5. The lowest BCUT2D eigenvalue weighted by Gasteiger charge is -2.26. The summed E-state index contributed by atoms with van der Waals surface area (Å²) in [5, 5.41) is 17.7. The summed E-state index contributed by atoms with van der Waals surface area (Å²) in [7, 11) is 1.75. The number of nitrogens with two attached hydrogens (primary N) is 1. The predicted molar refractivity (Wildman–Crippen MR) is 139 cm³/mol. The normalized spacial score (nSPS) is 18.2. The summed E-state index contributed by atoms with van der Waals surface area (Å²) in [6, 6.07) is 20.9. The van der Waals surface area contributed by atoms with Crippen LogP contribution in [0.4, 0.5) is 0 Å². The second-order valence-corrected chi connectivity index (χ2v) is 9.26. The van der Waals surface area contributed by atoms with Gasteiger partial charge >= 0.3 is 0 Å². The molecule has 1 fully saturated rings. The minimum atomic E-state index is -0.0721. The summed E-state index contributed by atoms with van der Waals surface area (Å²) in [6.07, 6.45) is 4.33. The van der Waals surface area contributed by atoms with E-state index in [0.29, 0.717) is 18.0 Å². The van der Waals surface area contributed by atoms with Gasteiger partial charge in [-0.15, -0.1) is 0 Å². The van der Waals surface area contributed by atoms with E-state index in [0.717, 1.165) is 47.7 Å². The molecule has 1 saturated carbocycles. The van der Waals surface area contributed by atoms with Crippen molar-refractivity contribution in [3.63, 3.8) is 0 Å². The highest BCUT2D eigenvalue weighted by atomic mass is 16.2. The zero-order chi connectivity index (χ0) is 23.7. The van der Waals surface area contributed by atoms with E-state index in [1.807, 2.05) is 24.3 Å². The van der Waals surface area contributed by atoms with Crippen molar-refractivity contribution in [3.8, 4) is 0 Å². The Morgan fingerprint density at radius 3 is 2.59 bits per heavy atom. The zero-order valence-electron chi connectivity index (χ0n) is 19.4. The molecule has 34 heavy (non-hydrogen) atoms. The van der Waals surface area contributed by atoms with Crippen molar-refractivity contribution in [3.05, 3.63) is 83.0 Å². The Balaban J connectivity index is 1.57. The van der Waals surface area contributed by atoms with Crippen molar-refractivity contribution >= 4 is 33.4 Å². The molecule has 6 N–H and O–H groups in total. The van der Waals surface area contributed by atoms with Crippen molar-refractivity contribution in [2.75, 3.05) is 7.05 Å². The molecule has 0 unspecified atom stereocenters. The van der Waals surface area contributed by atoms with E-state index in [1.165, 1.54) is 16.3 Å². The molecule has 1 aromatic heterocycles. The maximum Gasteiger partial charge on any atom is 0.268 e. The van der Waals surface area contributed by atoms with Gasteiger partial charge in [0.1, 0.15) is 11.5 Å². The Morgan fingerprint density at radius 2 is 1.79 bits per heavy atom. The Morgan fingerprint density at radius 1 is 1.03 bits per heavy atom. The predicted octanol–water partition coefficient (Wildman–Crippen LogP) is 4.46. The molecule has 1 aliphatic rings. The standard InChI is InChI=1S/C28H31N5O/c1-31-27(30)19-9-14-25-23(16-19)24(15-18-7-4-6-17-5-2-3-8-22(17)18)26(33-25)28(34)32-21-12-10-20(29)11-13-21/h2-9,14,16,20-21,33H,10-13,15,29H2,1H3,(H2,30,31)(H,32,34)/t20-,21-. The van der Waals surface area contributed by atoms with Gasteiger partial charge in [0.05, 0.1) is 0 Å². The molecule has 0 spiro atoms. The number of hydrogen-bond acceptors (Lipinski definition) is 3. The Kier molecular flexibility index (Phi) is 6.07. The number of amidine groups is 1. The first-order chi connectivity index (χ1) is 16.5. The third kappa shape index (κ3) is 4.29. The topological polar surface area (TPSA) is 107 Å². The Labute approximate surface area is 199 Å². The summed E-state index contributed by atoms with van der Waals surface area (Å²) in [4.78, 5) is 16.9. The van der Waals surface area contributed by atoms with Crippen LogP contribution in [0.1, 0.15) is 52.9 Å². The Hall–Kier alpha value is -3.64. The molecule has 6 nitrogen and oxygen atoms in total. The second kappa shape index (κ2) is 9.31. The van der Waals surface area contributed by atoms with Crippen molar-refractivity contribution in [2.45, 2.75) is 44.2 Å². The van der Waals surface area contributed by atoms with E-state index in [-0.39, 0.29) is 18.0 Å². The summed E-state index contributed by atoms with van der Waals surface area (Å²) in [5.41, 5.74) is 10.5. The van der Waals surface area contributed by atoms with Gasteiger partial charge in [-0.25, -0.2) is 0 Å². The third-order valence-electron chi connectivity index (χ3n) is 7.03. The summed E-state index contributed by atoms with van der Waals surface area (Å²) in [5.74, 6) is 0.279. The lowest BCUT2D eigenvalue weighted by Crippen LogP contribution is -2.40. The van der Waals surface area contributed by atoms with E-state index in [4.69, 9.17) is 11.1 Å². The lowest BCUT2D eigenvalue weighted by atomic mass is 9.91. The van der Waals surface area contributed by atoms with Crippen LogP contribution in [0.2, 0.25) is 0 Å². The highest BCUT2D eigenvalue weighted by Crippen LogP contribution is 2.30. The van der Waals surface area contributed by atoms with Gasteiger partial charge in [0.25, 0.3) is 5.91 Å². The molecule has 0 atom stereocenters. The van der Waals surface area contributed by atoms with E-state index < -0.39 is 0 Å². The minimum absolute atomic E-state index is 0.0721. The van der Waals surface area contributed by atoms with E-state index in [1.54, 1.807) is 7.05 Å². The SMILES string of the molecule is CNC(=N)c1ccc2[nH]c(C(=O)N[C@H]3CC[C@H](N)CC3)c(Cc3cccc4ccccc34)c2c1. The van der Waals surface area contributed by atoms with Crippen LogP contribution in [0, 0.1) is 5.41 Å². The van der Waals surface area contributed by atoms with Gasteiger partial charge < -0.3 is 21.4 Å². The number of fused-ring (bicyclic) bond motifs is 2. The Bertz CT molecular complexity index is 1360. The number of hydrogen-bond donors (Lipinski definition) is 5. The van der Waals surface area contributed by atoms with Gasteiger partial charge in [-0.3, -0.25) is 10.2 Å². The fourth-order valence-corrected chi connectivity index (χ4v) is 5.08. The highest BCUT2D eigenvalue weighted by molar-refractivity contribution is 6.05. The summed E-state index contributed by atoms with van der Waals surface area (Å²) in [6.45, 7) is 0. The van der Waals surface area contributed by atoms with Gasteiger partial charge in [0, 0.05) is 42.0 Å². The fraction of sp³-hybridized carbons (Fsp3) is 0.286. The molecule has 0 radical (unpaired) electrons. The molecule has 6 heteroatoms. The van der Waals surface area contributed by atoms with Crippen LogP contribution in [-0.2, 0) is 6.42 Å². The molecule has 1 aliphatic carbocycles. The van der Waals surface area contributed by atoms with Gasteiger partial charge in [-0.05, 0) is 65.8 Å². The number of amides is 1. The number of carbonyl (C=O) groups excluding carboxylic acids is 1. The first kappa shape index (κ1) is 22.2. The molecule has 1 amide bonds. The van der Waals surface area contributed by atoms with Crippen LogP contribution in [0.3, 0.4) is 0 Å². The molecular weight excluding hydrogens is 422 g/mol. The van der Waals surface area contributed by atoms with Crippen LogP contribution < -0.4 is 16.4 Å². The molecule has 0 saturated heterocycles. The van der Waals surface area contributed by atoms with Crippen LogP contribution in [0.25, 0.3) is 21.7 Å². The molecule has 4 aromatic rings. The number of carbonyl (C=O) groups is 1. The molecule has 0 bridgehead atoms. The van der Waals surface area contributed by atoms with Gasteiger partial charge in [0.15, 0.2) is 0 Å². The van der Waals surface area contributed by atoms with E-state index in [2.05, 4.69) is 52.0 Å². The molecule has 1 heterocycles. The average Bonchev–Trinajstić information content (AvgIpc) is 3.23. The van der Waals surface area contributed by atoms with Crippen molar-refractivity contribution < 1.29 is 4.79 Å². The summed E-state index contributed by atoms with van der Waals surface area (Å²) < 4.78 is 0. The van der Waals surface area contributed by atoms with Gasteiger partial charge in [-0.2, -0.15) is 0 Å². The van der Waals surface area contributed by atoms with Gasteiger partial charge in [0.2, 0.25) is 0 Å². The first-order valence-electron chi connectivity index (χ1n) is 12.0. The van der Waals surface area contributed by atoms with Gasteiger partial charge in [-0.1, -0.05) is 42.5 Å². The number of rotatable bonds is 5. The highest BCUT2D eigenvalue weighted by Gasteiger charge is 2.24. The fourth-order valence-electron chi connectivity index (χ4n) is 5.08. The smallest absolute Gasteiger partial charge is 0.268 e. The monoisotopic (exact) mass is 453 g/mol. The lowest BCUT2D eigenvalue weighted by molar-refractivity contribution is 0.0921. The summed E-state index contributed by atoms with van der Waals surface area (Å²) >= 11 is 0. The molecule has 174 valence electrons. The van der Waals surface area contributed by atoms with Crippen LogP contribution >= 0.6 is 0 Å². The molecule has 5 rings (SSSR count). The van der Waals surface area contributed by atoms with Crippen LogP contribution in [0.15, 0.2) is 60.7 Å². The van der Waals surface area contributed by atoms with E-state index >= 15 is 0 Å². The molecule has 3 aromatic carbocycles. The first-order valence-corrected chi connectivity index (χ1v) is 12.0. The van der Waals surface area contributed by atoms with Crippen LogP contribution in [-0.4, -0.2) is 35.9 Å². The zero-order valence-corrected chi connectivity index (χ0v) is 19.4. The number of nitrogens with one attached hydrogen (secondary N) is 4. The number of H-pyrrole nitrogens is 1. The average molecular weight is 454 g/mol. The molecular formula is C28H31N5O. The number of aromatic amines is 1. The number of benzene rings is 3. The minimum Gasteiger partial charge on any atom is -0.373 e. The van der Waals surface area contributed by atoms with Crippen molar-refractivity contribution in [2.24, 2.45) is 5.73 Å². The van der Waals surface area contributed by atoms with Crippen molar-refractivity contribution in [1.29, 1.82) is 5.41 Å².